The number of hydrogen-bond donors (Lipinski definition) is 0. The SMILES string of the molecule is Cc1ccc(CCN2CCC(Cc3ncnc4c3cnn4S(=O)(=O)c3ccc(C)cc3)C(F)(F)C2)cc1. The van der Waals surface area contributed by atoms with Crippen molar-refractivity contribution in [1.82, 2.24) is 24.1 Å². The Bertz CT molecular complexity index is 1500. The molecule has 1 aliphatic rings. The van der Waals surface area contributed by atoms with Crippen LogP contribution in [0.4, 0.5) is 8.78 Å². The van der Waals surface area contributed by atoms with Crippen LogP contribution in [-0.4, -0.2) is 58.0 Å². The van der Waals surface area contributed by atoms with Crippen LogP contribution in [0.5, 0.6) is 0 Å². The molecule has 3 heterocycles. The Balaban J connectivity index is 1.31. The number of nitrogens with zero attached hydrogens (tertiary/aromatic N) is 5. The van der Waals surface area contributed by atoms with Crippen LogP contribution in [0.1, 0.15) is 28.8 Å². The van der Waals surface area contributed by atoms with Crippen molar-refractivity contribution in [3.8, 4) is 0 Å². The maximum Gasteiger partial charge on any atom is 0.284 e. The quantitative estimate of drug-likeness (QED) is 0.355. The molecule has 1 aliphatic heterocycles. The lowest BCUT2D eigenvalue weighted by molar-refractivity contribution is -0.110. The van der Waals surface area contributed by atoms with Crippen LogP contribution in [0.15, 0.2) is 66.0 Å². The maximum atomic E-state index is 15.2. The summed E-state index contributed by atoms with van der Waals surface area (Å²) in [7, 11) is -3.99. The summed E-state index contributed by atoms with van der Waals surface area (Å²) in [5, 5.41) is 4.43. The fourth-order valence-electron chi connectivity index (χ4n) is 4.79. The summed E-state index contributed by atoms with van der Waals surface area (Å²) >= 11 is 0. The molecule has 37 heavy (non-hydrogen) atoms. The Morgan fingerprint density at radius 2 is 1.68 bits per heavy atom. The molecule has 0 saturated carbocycles. The molecule has 2 aromatic carbocycles. The van der Waals surface area contributed by atoms with E-state index in [-0.39, 0.29) is 23.5 Å². The monoisotopic (exact) mass is 525 g/mol. The summed E-state index contributed by atoms with van der Waals surface area (Å²) in [4.78, 5) is 10.3. The fraction of sp³-hybridized carbons (Fsp3) is 0.370. The van der Waals surface area contributed by atoms with Gasteiger partial charge in [0, 0.05) is 12.5 Å². The first-order valence-corrected chi connectivity index (χ1v) is 13.7. The highest BCUT2D eigenvalue weighted by atomic mass is 32.2. The molecule has 1 saturated heterocycles. The van der Waals surface area contributed by atoms with Gasteiger partial charge in [0.15, 0.2) is 5.65 Å². The predicted molar refractivity (Wildman–Crippen MR) is 137 cm³/mol. The molecule has 1 unspecified atom stereocenters. The van der Waals surface area contributed by atoms with Gasteiger partial charge in [-0.1, -0.05) is 47.5 Å². The molecule has 2 aromatic heterocycles. The molecule has 0 radical (unpaired) electrons. The second-order valence-electron chi connectivity index (χ2n) is 9.83. The minimum Gasteiger partial charge on any atom is -0.297 e. The van der Waals surface area contributed by atoms with E-state index in [1.165, 1.54) is 30.2 Å². The molecule has 1 atom stereocenters. The van der Waals surface area contributed by atoms with Crippen LogP contribution in [0.3, 0.4) is 0 Å². The lowest BCUT2D eigenvalue weighted by atomic mass is 9.88. The molecule has 4 aromatic rings. The van der Waals surface area contributed by atoms with Gasteiger partial charge in [0.2, 0.25) is 0 Å². The summed E-state index contributed by atoms with van der Waals surface area (Å²) in [5.41, 5.74) is 3.71. The zero-order valence-electron chi connectivity index (χ0n) is 20.8. The molecule has 0 aliphatic carbocycles. The van der Waals surface area contributed by atoms with Crippen LogP contribution in [0.2, 0.25) is 0 Å². The summed E-state index contributed by atoms with van der Waals surface area (Å²) in [6.07, 6.45) is 3.64. The van der Waals surface area contributed by atoms with Gasteiger partial charge >= 0.3 is 0 Å². The first kappa shape index (κ1) is 25.4. The van der Waals surface area contributed by atoms with Gasteiger partial charge in [0.1, 0.15) is 6.33 Å². The minimum atomic E-state index is -3.99. The summed E-state index contributed by atoms with van der Waals surface area (Å²) in [6, 6.07) is 14.6. The number of fused-ring (bicyclic) bond motifs is 1. The van der Waals surface area contributed by atoms with Gasteiger partial charge in [-0.15, -0.1) is 4.09 Å². The number of halogens is 2. The third-order valence-corrected chi connectivity index (χ3v) is 8.66. The normalized spacial score (nSPS) is 18.3. The highest BCUT2D eigenvalue weighted by molar-refractivity contribution is 7.90. The molecule has 1 fully saturated rings. The second-order valence-corrected chi connectivity index (χ2v) is 11.6. The lowest BCUT2D eigenvalue weighted by Crippen LogP contribution is -2.49. The van der Waals surface area contributed by atoms with Crippen molar-refractivity contribution in [1.29, 1.82) is 0 Å². The number of hydrogen-bond acceptors (Lipinski definition) is 6. The van der Waals surface area contributed by atoms with Crippen LogP contribution in [-0.2, 0) is 22.9 Å². The topological polar surface area (TPSA) is 81.0 Å². The largest absolute Gasteiger partial charge is 0.297 e. The number of likely N-dealkylation sites (tertiary alicyclic amines) is 1. The van der Waals surface area contributed by atoms with Gasteiger partial charge in [-0.05, 0) is 57.4 Å². The molecule has 5 rings (SSSR count). The van der Waals surface area contributed by atoms with Gasteiger partial charge in [0.05, 0.1) is 28.7 Å². The molecular formula is C27H29F2N5O2S. The van der Waals surface area contributed by atoms with Crippen LogP contribution in [0, 0.1) is 19.8 Å². The minimum absolute atomic E-state index is 0.0219. The average molecular weight is 526 g/mol. The lowest BCUT2D eigenvalue weighted by Gasteiger charge is -2.38. The number of aryl methyl sites for hydroxylation is 2. The van der Waals surface area contributed by atoms with Gasteiger partial charge in [-0.2, -0.15) is 13.5 Å². The zero-order chi connectivity index (χ0) is 26.2. The summed E-state index contributed by atoms with van der Waals surface area (Å²) in [6.45, 7) is 4.73. The third-order valence-electron chi connectivity index (χ3n) is 7.07. The van der Waals surface area contributed by atoms with E-state index in [0.717, 1.165) is 21.6 Å². The van der Waals surface area contributed by atoms with Crippen molar-refractivity contribution in [2.75, 3.05) is 19.6 Å². The summed E-state index contributed by atoms with van der Waals surface area (Å²) in [5.74, 6) is -3.80. The molecule has 194 valence electrons. The van der Waals surface area contributed by atoms with E-state index in [1.54, 1.807) is 12.1 Å². The van der Waals surface area contributed by atoms with E-state index in [1.807, 2.05) is 43.0 Å². The first-order chi connectivity index (χ1) is 17.6. The van der Waals surface area contributed by atoms with Gasteiger partial charge in [0.25, 0.3) is 15.9 Å². The highest BCUT2D eigenvalue weighted by Gasteiger charge is 2.44. The van der Waals surface area contributed by atoms with E-state index in [4.69, 9.17) is 0 Å². The van der Waals surface area contributed by atoms with E-state index in [9.17, 15) is 8.42 Å². The van der Waals surface area contributed by atoms with Crippen LogP contribution >= 0.6 is 0 Å². The smallest absolute Gasteiger partial charge is 0.284 e. The fourth-order valence-corrected chi connectivity index (χ4v) is 6.02. The highest BCUT2D eigenvalue weighted by Crippen LogP contribution is 2.36. The Hall–Kier alpha value is -3.24. The molecule has 0 bridgehead atoms. The zero-order valence-corrected chi connectivity index (χ0v) is 21.6. The van der Waals surface area contributed by atoms with Gasteiger partial charge in [-0.3, -0.25) is 4.90 Å². The second kappa shape index (κ2) is 9.90. The number of piperidine rings is 1. The number of benzene rings is 2. The molecule has 0 N–H and O–H groups in total. The number of aromatic nitrogens is 4. The van der Waals surface area contributed by atoms with E-state index in [2.05, 4.69) is 15.1 Å². The molecule has 0 amide bonds. The molecule has 10 heteroatoms. The van der Waals surface area contributed by atoms with E-state index < -0.39 is 21.9 Å². The Kier molecular flexibility index (Phi) is 6.80. The van der Waals surface area contributed by atoms with Crippen molar-refractivity contribution in [2.45, 2.75) is 43.9 Å². The van der Waals surface area contributed by atoms with Crippen molar-refractivity contribution in [3.63, 3.8) is 0 Å². The Morgan fingerprint density at radius 3 is 2.35 bits per heavy atom. The van der Waals surface area contributed by atoms with Crippen LogP contribution < -0.4 is 0 Å². The van der Waals surface area contributed by atoms with Gasteiger partial charge < -0.3 is 0 Å². The van der Waals surface area contributed by atoms with Crippen molar-refractivity contribution < 1.29 is 17.2 Å². The Morgan fingerprint density at radius 1 is 1.00 bits per heavy atom. The average Bonchev–Trinajstić information content (AvgIpc) is 3.31. The van der Waals surface area contributed by atoms with E-state index >= 15 is 8.78 Å². The number of alkyl halides is 2. The van der Waals surface area contributed by atoms with Crippen molar-refractivity contribution >= 4 is 21.1 Å². The van der Waals surface area contributed by atoms with Crippen molar-refractivity contribution in [2.24, 2.45) is 5.92 Å². The summed E-state index contributed by atoms with van der Waals surface area (Å²) < 4.78 is 57.6. The molecule has 0 spiro atoms. The van der Waals surface area contributed by atoms with Crippen molar-refractivity contribution in [3.05, 3.63) is 83.4 Å². The number of rotatable bonds is 7. The standard InChI is InChI=1S/C27H29F2N5O2S/c1-19-3-7-21(8-4-19)11-13-33-14-12-22(27(28,29)17-33)15-25-24-16-32-34(26(24)31-18-30-25)37(35,36)23-9-5-20(2)6-10-23/h3-10,16,18,22H,11-15,17H2,1-2H3. The maximum absolute atomic E-state index is 15.2. The molecular weight excluding hydrogens is 496 g/mol. The Labute approximate surface area is 215 Å². The predicted octanol–water partition coefficient (Wildman–Crippen LogP) is 4.42. The van der Waals surface area contributed by atoms with E-state index in [0.29, 0.717) is 30.6 Å². The van der Waals surface area contributed by atoms with Crippen LogP contribution in [0.25, 0.3) is 11.0 Å². The third kappa shape index (κ3) is 5.26. The first-order valence-electron chi connectivity index (χ1n) is 12.3. The molecule has 7 nitrogen and oxygen atoms in total. The van der Waals surface area contributed by atoms with Gasteiger partial charge in [-0.25, -0.2) is 18.7 Å².